The molecule has 0 unspecified atom stereocenters. The Bertz CT molecular complexity index is 495. The molecule has 0 spiro atoms. The van der Waals surface area contributed by atoms with Crippen LogP contribution in [0.25, 0.3) is 10.4 Å². The molecular formula is C9H5ClN2O2S. The molecular weight excluding hydrogens is 236 g/mol. The predicted molar refractivity (Wildman–Crippen MR) is 57.3 cm³/mol. The lowest BCUT2D eigenvalue weighted by Crippen LogP contribution is -1.98. The van der Waals surface area contributed by atoms with Gasteiger partial charge in [0.25, 0.3) is 0 Å². The van der Waals surface area contributed by atoms with E-state index in [-0.39, 0.29) is 5.69 Å². The molecule has 15 heavy (non-hydrogen) atoms. The number of pyridine rings is 1. The second-order valence-electron chi connectivity index (χ2n) is 2.71. The Hall–Kier alpha value is -1.46. The number of hydrogen-bond donors (Lipinski definition) is 1. The van der Waals surface area contributed by atoms with Crippen molar-refractivity contribution in [2.24, 2.45) is 0 Å². The monoisotopic (exact) mass is 240 g/mol. The number of nitrogens with zero attached hydrogens (tertiary/aromatic N) is 2. The molecule has 0 amide bonds. The van der Waals surface area contributed by atoms with Crippen LogP contribution in [0.1, 0.15) is 10.5 Å². The van der Waals surface area contributed by atoms with Crippen molar-refractivity contribution in [2.75, 3.05) is 0 Å². The van der Waals surface area contributed by atoms with Crippen LogP contribution in [0.5, 0.6) is 0 Å². The highest BCUT2D eigenvalue weighted by Gasteiger charge is 2.06. The molecule has 0 bridgehead atoms. The number of carbonyl (C=O) groups is 1. The molecule has 1 N–H and O–H groups in total. The topological polar surface area (TPSA) is 63.1 Å². The van der Waals surface area contributed by atoms with Gasteiger partial charge in [-0.1, -0.05) is 11.6 Å². The fraction of sp³-hybridized carbons (Fsp3) is 0. The van der Waals surface area contributed by atoms with Crippen molar-refractivity contribution >= 4 is 28.9 Å². The van der Waals surface area contributed by atoms with Crippen molar-refractivity contribution in [1.29, 1.82) is 0 Å². The van der Waals surface area contributed by atoms with Gasteiger partial charge in [0.05, 0.1) is 4.88 Å². The second kappa shape index (κ2) is 3.96. The molecule has 0 aliphatic heterocycles. The Labute approximate surface area is 94.2 Å². The Morgan fingerprint density at radius 1 is 1.33 bits per heavy atom. The fourth-order valence-corrected chi connectivity index (χ4v) is 1.98. The molecule has 0 atom stereocenters. The third-order valence-corrected chi connectivity index (χ3v) is 2.91. The van der Waals surface area contributed by atoms with Crippen LogP contribution in [0.3, 0.4) is 0 Å². The lowest BCUT2D eigenvalue weighted by molar-refractivity contribution is 0.0690. The minimum Gasteiger partial charge on any atom is -0.477 e. The van der Waals surface area contributed by atoms with Crippen molar-refractivity contribution in [1.82, 2.24) is 9.97 Å². The van der Waals surface area contributed by atoms with Crippen LogP contribution in [-0.2, 0) is 0 Å². The summed E-state index contributed by atoms with van der Waals surface area (Å²) in [6.07, 6.45) is 3.12. The minimum absolute atomic E-state index is 0.0226. The summed E-state index contributed by atoms with van der Waals surface area (Å²) in [5, 5.41) is 8.66. The van der Waals surface area contributed by atoms with Crippen LogP contribution >= 0.6 is 22.9 Å². The van der Waals surface area contributed by atoms with Gasteiger partial charge in [-0.2, -0.15) is 0 Å². The Kier molecular flexibility index (Phi) is 2.66. The molecule has 0 aliphatic carbocycles. The van der Waals surface area contributed by atoms with E-state index in [0.717, 1.165) is 10.4 Å². The predicted octanol–water partition coefficient (Wildman–Crippen LogP) is 2.56. The van der Waals surface area contributed by atoms with E-state index in [2.05, 4.69) is 9.97 Å². The van der Waals surface area contributed by atoms with Crippen molar-refractivity contribution in [3.05, 3.63) is 34.7 Å². The smallest absolute Gasteiger partial charge is 0.354 e. The van der Waals surface area contributed by atoms with E-state index >= 15 is 0 Å². The highest BCUT2D eigenvalue weighted by molar-refractivity contribution is 7.18. The number of thiazole rings is 1. The van der Waals surface area contributed by atoms with Crippen LogP contribution in [0.15, 0.2) is 24.5 Å². The van der Waals surface area contributed by atoms with Crippen LogP contribution in [0, 0.1) is 0 Å². The van der Waals surface area contributed by atoms with E-state index in [1.807, 2.05) is 0 Å². The normalized spacial score (nSPS) is 10.2. The highest BCUT2D eigenvalue weighted by Crippen LogP contribution is 2.27. The van der Waals surface area contributed by atoms with E-state index in [4.69, 9.17) is 16.7 Å². The van der Waals surface area contributed by atoms with Gasteiger partial charge in [0, 0.05) is 18.0 Å². The van der Waals surface area contributed by atoms with Crippen molar-refractivity contribution in [3.63, 3.8) is 0 Å². The molecule has 0 fully saturated rings. The lowest BCUT2D eigenvalue weighted by Gasteiger charge is -1.96. The first-order chi connectivity index (χ1) is 7.16. The summed E-state index contributed by atoms with van der Waals surface area (Å²) in [5.74, 6) is -1.04. The molecule has 0 saturated heterocycles. The van der Waals surface area contributed by atoms with Gasteiger partial charge in [0.1, 0.15) is 5.69 Å². The van der Waals surface area contributed by atoms with Crippen LogP contribution in [0.4, 0.5) is 0 Å². The SMILES string of the molecule is O=C(O)c1ccc(-c2cnc(Cl)s2)cn1. The standard InChI is InChI=1S/C9H5ClN2O2S/c10-9-12-4-7(15-9)5-1-2-6(8(13)14)11-3-5/h1-4H,(H,13,14). The van der Waals surface area contributed by atoms with E-state index in [1.165, 1.54) is 23.6 Å². The second-order valence-corrected chi connectivity index (χ2v) is 4.33. The summed E-state index contributed by atoms with van der Waals surface area (Å²) >= 11 is 7.01. The zero-order valence-corrected chi connectivity index (χ0v) is 8.92. The molecule has 2 aromatic heterocycles. The maximum atomic E-state index is 10.6. The van der Waals surface area contributed by atoms with Crippen molar-refractivity contribution in [3.8, 4) is 10.4 Å². The van der Waals surface area contributed by atoms with E-state index in [1.54, 1.807) is 12.3 Å². The van der Waals surface area contributed by atoms with Gasteiger partial charge in [-0.3, -0.25) is 0 Å². The third kappa shape index (κ3) is 2.14. The highest BCUT2D eigenvalue weighted by atomic mass is 35.5. The summed E-state index contributed by atoms with van der Waals surface area (Å²) in [5.41, 5.74) is 0.832. The van der Waals surface area contributed by atoms with Gasteiger partial charge in [-0.05, 0) is 12.1 Å². The molecule has 0 aromatic carbocycles. The molecule has 2 aromatic rings. The van der Waals surface area contributed by atoms with Crippen molar-refractivity contribution < 1.29 is 9.90 Å². The summed E-state index contributed by atoms with van der Waals surface area (Å²) in [7, 11) is 0. The number of aromatic nitrogens is 2. The van der Waals surface area contributed by atoms with Gasteiger partial charge in [0.2, 0.25) is 0 Å². The fourth-order valence-electron chi connectivity index (χ4n) is 1.05. The molecule has 2 rings (SSSR count). The van der Waals surface area contributed by atoms with Gasteiger partial charge in [0.15, 0.2) is 4.47 Å². The van der Waals surface area contributed by atoms with Gasteiger partial charge >= 0.3 is 5.97 Å². The van der Waals surface area contributed by atoms with Gasteiger partial charge in [-0.15, -0.1) is 11.3 Å². The largest absolute Gasteiger partial charge is 0.477 e. The summed E-state index contributed by atoms with van der Waals surface area (Å²) in [6.45, 7) is 0. The van der Waals surface area contributed by atoms with Crippen LogP contribution in [0.2, 0.25) is 4.47 Å². The van der Waals surface area contributed by atoms with Crippen molar-refractivity contribution in [2.45, 2.75) is 0 Å². The molecule has 6 heteroatoms. The Morgan fingerprint density at radius 3 is 2.60 bits per heavy atom. The van der Waals surface area contributed by atoms with E-state index in [0.29, 0.717) is 4.47 Å². The van der Waals surface area contributed by atoms with Crippen LogP contribution in [-0.4, -0.2) is 21.0 Å². The quantitative estimate of drug-likeness (QED) is 0.876. The number of hydrogen-bond acceptors (Lipinski definition) is 4. The molecule has 0 radical (unpaired) electrons. The Balaban J connectivity index is 2.35. The number of carboxylic acids is 1. The van der Waals surface area contributed by atoms with Gasteiger partial charge in [-0.25, -0.2) is 14.8 Å². The molecule has 2 heterocycles. The average molecular weight is 241 g/mol. The Morgan fingerprint density at radius 2 is 2.13 bits per heavy atom. The molecule has 0 aliphatic rings. The number of halogens is 1. The number of carboxylic acid groups (broad SMARTS) is 1. The average Bonchev–Trinajstić information content (AvgIpc) is 2.65. The number of aromatic carboxylic acids is 1. The zero-order valence-electron chi connectivity index (χ0n) is 7.35. The van der Waals surface area contributed by atoms with E-state index < -0.39 is 5.97 Å². The summed E-state index contributed by atoms with van der Waals surface area (Å²) in [6, 6.07) is 3.13. The maximum Gasteiger partial charge on any atom is 0.354 e. The summed E-state index contributed by atoms with van der Waals surface area (Å²) < 4.78 is 0.451. The van der Waals surface area contributed by atoms with Crippen LogP contribution < -0.4 is 0 Å². The van der Waals surface area contributed by atoms with E-state index in [9.17, 15) is 4.79 Å². The minimum atomic E-state index is -1.04. The van der Waals surface area contributed by atoms with Gasteiger partial charge < -0.3 is 5.11 Å². The molecule has 4 nitrogen and oxygen atoms in total. The lowest BCUT2D eigenvalue weighted by atomic mass is 10.2. The summed E-state index contributed by atoms with van der Waals surface area (Å²) in [4.78, 5) is 19.1. The number of rotatable bonds is 2. The molecule has 0 saturated carbocycles. The zero-order chi connectivity index (χ0) is 10.8. The first-order valence-corrected chi connectivity index (χ1v) is 5.17. The first kappa shape index (κ1) is 10.1. The first-order valence-electron chi connectivity index (χ1n) is 3.98. The maximum absolute atomic E-state index is 10.6. The third-order valence-electron chi connectivity index (χ3n) is 1.74. The molecule has 76 valence electrons.